The lowest BCUT2D eigenvalue weighted by Crippen LogP contribution is -2.26. The smallest absolute Gasteiger partial charge is 0.309 e. The summed E-state index contributed by atoms with van der Waals surface area (Å²) in [4.78, 5) is 26.5. The first kappa shape index (κ1) is 14.1. The lowest BCUT2D eigenvalue weighted by molar-refractivity contribution is -0.146. The van der Waals surface area contributed by atoms with E-state index in [4.69, 9.17) is 9.84 Å². The van der Waals surface area contributed by atoms with Crippen LogP contribution in [0.15, 0.2) is 24.4 Å². The molecule has 5 nitrogen and oxygen atoms in total. The molecule has 0 unspecified atom stereocenters. The lowest BCUT2D eigenvalue weighted by Gasteiger charge is -2.17. The number of ether oxygens (including phenoxy) is 1. The number of ketones is 1. The number of carbonyl (C=O) groups is 2. The summed E-state index contributed by atoms with van der Waals surface area (Å²) in [5.74, 6) is -0.606. The van der Waals surface area contributed by atoms with Gasteiger partial charge in [0.25, 0.3) is 0 Å². The van der Waals surface area contributed by atoms with E-state index in [9.17, 15) is 9.59 Å². The number of carboxylic acids is 1. The zero-order valence-corrected chi connectivity index (χ0v) is 11.7. The molecule has 1 heterocycles. The van der Waals surface area contributed by atoms with Crippen LogP contribution >= 0.6 is 0 Å². The highest BCUT2D eigenvalue weighted by atomic mass is 16.5. The summed E-state index contributed by atoms with van der Waals surface area (Å²) in [5.41, 5.74) is 0.162. The van der Waals surface area contributed by atoms with E-state index in [-0.39, 0.29) is 12.2 Å². The van der Waals surface area contributed by atoms with Crippen LogP contribution in [0.5, 0.6) is 5.75 Å². The summed E-state index contributed by atoms with van der Waals surface area (Å²) in [6.07, 6.45) is 1.54. The number of aromatic amines is 1. The van der Waals surface area contributed by atoms with Gasteiger partial charge in [0.1, 0.15) is 5.75 Å². The fourth-order valence-corrected chi connectivity index (χ4v) is 2.11. The third-order valence-electron chi connectivity index (χ3n) is 3.37. The summed E-state index contributed by atoms with van der Waals surface area (Å²) in [5, 5.41) is 9.81. The highest BCUT2D eigenvalue weighted by Gasteiger charge is 2.31. The topological polar surface area (TPSA) is 79.4 Å². The fourth-order valence-electron chi connectivity index (χ4n) is 2.11. The molecule has 0 aliphatic rings. The molecular formula is C15H17NO4. The third-order valence-corrected chi connectivity index (χ3v) is 3.37. The number of rotatable bonds is 5. The predicted molar refractivity (Wildman–Crippen MR) is 75.2 cm³/mol. The Balaban J connectivity index is 2.43. The second-order valence-corrected chi connectivity index (χ2v) is 5.37. The van der Waals surface area contributed by atoms with Crippen molar-refractivity contribution in [1.29, 1.82) is 0 Å². The van der Waals surface area contributed by atoms with Crippen LogP contribution in [0, 0.1) is 5.41 Å². The second-order valence-electron chi connectivity index (χ2n) is 5.37. The maximum absolute atomic E-state index is 12.4. The largest absolute Gasteiger partial charge is 0.496 e. The van der Waals surface area contributed by atoms with Gasteiger partial charge >= 0.3 is 5.97 Å². The second kappa shape index (κ2) is 5.00. The van der Waals surface area contributed by atoms with Crippen LogP contribution in [-0.4, -0.2) is 29.0 Å². The minimum atomic E-state index is -1.09. The zero-order valence-electron chi connectivity index (χ0n) is 11.7. The van der Waals surface area contributed by atoms with Crippen molar-refractivity contribution in [2.24, 2.45) is 5.41 Å². The SMILES string of the molecule is COc1cccc2[nH]cc(C(=O)CC(C)(C)C(=O)O)c12. The monoisotopic (exact) mass is 275 g/mol. The summed E-state index contributed by atoms with van der Waals surface area (Å²) < 4.78 is 5.27. The van der Waals surface area contributed by atoms with E-state index in [1.165, 1.54) is 7.11 Å². The van der Waals surface area contributed by atoms with Crippen LogP contribution in [-0.2, 0) is 4.79 Å². The summed E-state index contributed by atoms with van der Waals surface area (Å²) >= 11 is 0. The minimum Gasteiger partial charge on any atom is -0.496 e. The Bertz CT molecular complexity index is 670. The standard InChI is InChI=1S/C15H17NO4/c1-15(2,14(18)19)7-11(17)9-8-16-10-5-4-6-12(20-3)13(9)10/h4-6,8,16H,7H2,1-3H3,(H,18,19). The van der Waals surface area contributed by atoms with E-state index in [2.05, 4.69) is 4.98 Å². The molecule has 0 aliphatic heterocycles. The molecule has 20 heavy (non-hydrogen) atoms. The van der Waals surface area contributed by atoms with Gasteiger partial charge in [0, 0.05) is 23.7 Å². The molecule has 0 aliphatic carbocycles. The number of Topliss-reactive ketones (excluding diaryl/α,β-unsaturated/α-hetero) is 1. The quantitative estimate of drug-likeness (QED) is 0.822. The molecule has 0 bridgehead atoms. The van der Waals surface area contributed by atoms with Crippen LogP contribution in [0.25, 0.3) is 10.9 Å². The number of benzene rings is 1. The van der Waals surface area contributed by atoms with Crippen LogP contribution in [0.4, 0.5) is 0 Å². The van der Waals surface area contributed by atoms with E-state index in [1.54, 1.807) is 26.1 Å². The molecule has 1 aromatic heterocycles. The van der Waals surface area contributed by atoms with Crippen LogP contribution in [0.2, 0.25) is 0 Å². The number of H-pyrrole nitrogens is 1. The fraction of sp³-hybridized carbons (Fsp3) is 0.333. The first-order chi connectivity index (χ1) is 9.36. The Hall–Kier alpha value is -2.30. The first-order valence-electron chi connectivity index (χ1n) is 6.27. The van der Waals surface area contributed by atoms with Crippen molar-refractivity contribution in [3.63, 3.8) is 0 Å². The number of hydrogen-bond acceptors (Lipinski definition) is 3. The molecule has 2 rings (SSSR count). The van der Waals surface area contributed by atoms with E-state index in [0.29, 0.717) is 16.7 Å². The number of fused-ring (bicyclic) bond motifs is 1. The molecule has 0 atom stereocenters. The number of hydrogen-bond donors (Lipinski definition) is 2. The molecule has 1 aromatic carbocycles. The van der Waals surface area contributed by atoms with Gasteiger partial charge in [-0.3, -0.25) is 9.59 Å². The number of aromatic nitrogens is 1. The van der Waals surface area contributed by atoms with Gasteiger partial charge < -0.3 is 14.8 Å². The van der Waals surface area contributed by atoms with Gasteiger partial charge in [0.15, 0.2) is 5.78 Å². The maximum Gasteiger partial charge on any atom is 0.309 e. The van der Waals surface area contributed by atoms with Crippen molar-refractivity contribution in [3.8, 4) is 5.75 Å². The first-order valence-corrected chi connectivity index (χ1v) is 6.27. The summed E-state index contributed by atoms with van der Waals surface area (Å²) in [7, 11) is 1.54. The van der Waals surface area contributed by atoms with Gasteiger partial charge in [-0.2, -0.15) is 0 Å². The highest BCUT2D eigenvalue weighted by Crippen LogP contribution is 2.31. The Morgan fingerprint density at radius 1 is 1.35 bits per heavy atom. The molecule has 2 N–H and O–H groups in total. The molecule has 5 heteroatoms. The maximum atomic E-state index is 12.4. The molecule has 0 radical (unpaired) electrons. The Morgan fingerprint density at radius 2 is 2.05 bits per heavy atom. The molecule has 0 amide bonds. The highest BCUT2D eigenvalue weighted by molar-refractivity contribution is 6.10. The van der Waals surface area contributed by atoms with Crippen molar-refractivity contribution >= 4 is 22.7 Å². The van der Waals surface area contributed by atoms with Gasteiger partial charge in [0.05, 0.1) is 17.9 Å². The van der Waals surface area contributed by atoms with Gasteiger partial charge in [-0.1, -0.05) is 6.07 Å². The average molecular weight is 275 g/mol. The third kappa shape index (κ3) is 2.39. The van der Waals surface area contributed by atoms with E-state index in [1.807, 2.05) is 12.1 Å². The van der Waals surface area contributed by atoms with E-state index in [0.717, 1.165) is 5.52 Å². The molecule has 0 spiro atoms. The van der Waals surface area contributed by atoms with Crippen LogP contribution in [0.3, 0.4) is 0 Å². The van der Waals surface area contributed by atoms with Gasteiger partial charge in [0.2, 0.25) is 0 Å². The van der Waals surface area contributed by atoms with Crippen LogP contribution < -0.4 is 4.74 Å². The number of aliphatic carboxylic acids is 1. The zero-order chi connectivity index (χ0) is 14.9. The minimum absolute atomic E-state index is 0.0622. The molecule has 0 saturated carbocycles. The van der Waals surface area contributed by atoms with Crippen molar-refractivity contribution < 1.29 is 19.4 Å². The van der Waals surface area contributed by atoms with Gasteiger partial charge in [-0.05, 0) is 26.0 Å². The van der Waals surface area contributed by atoms with Gasteiger partial charge in [-0.15, -0.1) is 0 Å². The summed E-state index contributed by atoms with van der Waals surface area (Å²) in [6.45, 7) is 3.08. The van der Waals surface area contributed by atoms with Crippen molar-refractivity contribution in [3.05, 3.63) is 30.0 Å². The lowest BCUT2D eigenvalue weighted by atomic mass is 9.85. The number of carboxylic acid groups (broad SMARTS) is 1. The predicted octanol–water partition coefficient (Wildman–Crippen LogP) is 2.86. The Morgan fingerprint density at radius 3 is 2.65 bits per heavy atom. The van der Waals surface area contributed by atoms with Crippen molar-refractivity contribution in [2.45, 2.75) is 20.3 Å². The van der Waals surface area contributed by atoms with Gasteiger partial charge in [-0.25, -0.2) is 0 Å². The molecule has 2 aromatic rings. The molecule has 0 saturated heterocycles. The average Bonchev–Trinajstić information content (AvgIpc) is 2.81. The van der Waals surface area contributed by atoms with Crippen LogP contribution in [0.1, 0.15) is 30.6 Å². The van der Waals surface area contributed by atoms with Crippen molar-refractivity contribution in [1.82, 2.24) is 4.98 Å². The number of carbonyl (C=O) groups excluding carboxylic acids is 1. The Kier molecular flexibility index (Phi) is 3.53. The summed E-state index contributed by atoms with van der Waals surface area (Å²) in [6, 6.07) is 5.44. The molecule has 0 fully saturated rings. The van der Waals surface area contributed by atoms with Crippen molar-refractivity contribution in [2.75, 3.05) is 7.11 Å². The number of methoxy groups -OCH3 is 1. The molecular weight excluding hydrogens is 258 g/mol. The van der Waals surface area contributed by atoms with E-state index >= 15 is 0 Å². The van der Waals surface area contributed by atoms with E-state index < -0.39 is 11.4 Å². The number of nitrogens with one attached hydrogen (secondary N) is 1. The Labute approximate surface area is 116 Å². The molecule has 106 valence electrons. The normalized spacial score (nSPS) is 11.6.